The molecule has 1 aliphatic rings. The quantitative estimate of drug-likeness (QED) is 0.359. The average molecular weight is 510 g/mol. The number of likely N-dealkylation sites (tertiary alicyclic amines) is 1. The summed E-state index contributed by atoms with van der Waals surface area (Å²) < 4.78 is 56.2. The summed E-state index contributed by atoms with van der Waals surface area (Å²) in [5.74, 6) is -4.33. The van der Waals surface area contributed by atoms with Gasteiger partial charge in [-0.3, -0.25) is 24.2 Å². The van der Waals surface area contributed by atoms with Crippen molar-refractivity contribution in [2.75, 3.05) is 25.0 Å². The molecule has 36 heavy (non-hydrogen) atoms. The fraction of sp³-hybridized carbons (Fsp3) is 0.450. The van der Waals surface area contributed by atoms with E-state index in [-0.39, 0.29) is 49.8 Å². The zero-order chi connectivity index (χ0) is 25.7. The Morgan fingerprint density at radius 1 is 1.14 bits per heavy atom. The van der Waals surface area contributed by atoms with Gasteiger partial charge >= 0.3 is 0 Å². The molecule has 1 saturated heterocycles. The second-order valence-corrected chi connectivity index (χ2v) is 8.24. The summed E-state index contributed by atoms with van der Waals surface area (Å²) in [7, 11) is 0. The Balaban J connectivity index is 1.18. The van der Waals surface area contributed by atoms with Gasteiger partial charge in [-0.15, -0.1) is 10.2 Å². The van der Waals surface area contributed by atoms with Crippen molar-refractivity contribution >= 4 is 17.6 Å². The molecule has 1 aliphatic heterocycles. The molecule has 3 aromatic rings. The van der Waals surface area contributed by atoms with Crippen LogP contribution in [0.2, 0.25) is 0 Å². The highest BCUT2D eigenvalue weighted by molar-refractivity contribution is 5.92. The van der Waals surface area contributed by atoms with Crippen LogP contribution >= 0.6 is 0 Å². The van der Waals surface area contributed by atoms with Crippen molar-refractivity contribution in [3.8, 4) is 0 Å². The smallest absolute Gasteiger partial charge is 0.273 e. The molecule has 3 aromatic heterocycles. The normalized spacial score (nSPS) is 15.8. The van der Waals surface area contributed by atoms with E-state index in [0.29, 0.717) is 0 Å². The lowest BCUT2D eigenvalue weighted by Crippen LogP contribution is -2.57. The molecule has 12 nitrogen and oxygen atoms in total. The van der Waals surface area contributed by atoms with Crippen LogP contribution in [0.15, 0.2) is 30.7 Å². The third-order valence-corrected chi connectivity index (χ3v) is 5.16. The minimum Gasteiger partial charge on any atom is -0.345 e. The number of hydrogen-bond donors (Lipinski definition) is 2. The Labute approximate surface area is 201 Å². The third kappa shape index (κ3) is 6.80. The van der Waals surface area contributed by atoms with Gasteiger partial charge in [0.1, 0.15) is 12.0 Å². The summed E-state index contributed by atoms with van der Waals surface area (Å²) >= 11 is 0. The molecule has 192 valence electrons. The number of carbonyl (C=O) groups is 2. The predicted octanol–water partition coefficient (Wildman–Crippen LogP) is 0.651. The maximum absolute atomic E-state index is 14.4. The molecule has 0 bridgehead atoms. The first-order chi connectivity index (χ1) is 17.2. The van der Waals surface area contributed by atoms with E-state index in [2.05, 4.69) is 36.2 Å². The number of amides is 2. The largest absolute Gasteiger partial charge is 0.345 e. The van der Waals surface area contributed by atoms with Gasteiger partial charge in [-0.1, -0.05) is 10.4 Å². The number of nitrogens with one attached hydrogen (secondary N) is 2. The maximum atomic E-state index is 14.4. The molecule has 1 atom stereocenters. The average Bonchev–Trinajstić information content (AvgIpc) is 3.45. The van der Waals surface area contributed by atoms with E-state index in [1.165, 1.54) is 45.0 Å². The van der Waals surface area contributed by atoms with Crippen LogP contribution in [0, 0.1) is 5.82 Å². The number of hydrogen-bond acceptors (Lipinski definition) is 8. The van der Waals surface area contributed by atoms with Gasteiger partial charge < -0.3 is 10.6 Å². The standard InChI is InChI=1S/C20H22F4N10O2/c21-13(7-34-9-17(29-31-34)27-18(35)10-32-11-20(23,24)12-32)3-5-33-8-16(28-30-33)19(36)26-6-15-14(22)2-1-4-25-15/h1-2,4,8-9,13H,3,5-7,10-12H2,(H,26,36)(H,27,35). The minimum atomic E-state index is -2.76. The molecule has 0 spiro atoms. The molecule has 2 N–H and O–H groups in total. The lowest BCUT2D eigenvalue weighted by molar-refractivity contribution is -0.141. The molecule has 0 aromatic carbocycles. The van der Waals surface area contributed by atoms with E-state index in [0.717, 1.165) is 0 Å². The van der Waals surface area contributed by atoms with Crippen molar-refractivity contribution in [3.05, 3.63) is 47.9 Å². The van der Waals surface area contributed by atoms with E-state index in [1.807, 2.05) is 0 Å². The lowest BCUT2D eigenvalue weighted by Gasteiger charge is -2.37. The van der Waals surface area contributed by atoms with Crippen LogP contribution in [0.4, 0.5) is 23.4 Å². The predicted molar refractivity (Wildman–Crippen MR) is 115 cm³/mol. The third-order valence-electron chi connectivity index (χ3n) is 5.16. The van der Waals surface area contributed by atoms with Gasteiger partial charge in [-0.05, 0) is 12.1 Å². The first-order valence-electron chi connectivity index (χ1n) is 10.9. The molecule has 2 amide bonds. The number of nitrogens with zero attached hydrogens (tertiary/aromatic N) is 8. The van der Waals surface area contributed by atoms with Gasteiger partial charge in [0.2, 0.25) is 5.91 Å². The molecule has 4 rings (SSSR count). The molecule has 4 heterocycles. The maximum Gasteiger partial charge on any atom is 0.273 e. The van der Waals surface area contributed by atoms with Crippen LogP contribution in [-0.4, -0.2) is 83.4 Å². The molecule has 1 fully saturated rings. The van der Waals surface area contributed by atoms with E-state index < -0.39 is 42.8 Å². The molecule has 1 unspecified atom stereocenters. The number of carbonyl (C=O) groups excluding carboxylic acids is 2. The van der Waals surface area contributed by atoms with Crippen LogP contribution in [0.25, 0.3) is 0 Å². The van der Waals surface area contributed by atoms with E-state index in [4.69, 9.17) is 0 Å². The molecular formula is C20H22F4N10O2. The van der Waals surface area contributed by atoms with Crippen molar-refractivity contribution in [3.63, 3.8) is 0 Å². The summed E-state index contributed by atoms with van der Waals surface area (Å²) in [5.41, 5.74) is 0.0653. The highest BCUT2D eigenvalue weighted by Crippen LogP contribution is 2.25. The Hall–Kier alpha value is -3.95. The Bertz CT molecular complexity index is 1210. The minimum absolute atomic E-state index is 0.0136. The number of aromatic nitrogens is 7. The van der Waals surface area contributed by atoms with E-state index in [1.54, 1.807) is 0 Å². The van der Waals surface area contributed by atoms with Crippen LogP contribution in [0.3, 0.4) is 0 Å². The number of anilines is 1. The fourth-order valence-corrected chi connectivity index (χ4v) is 3.43. The monoisotopic (exact) mass is 510 g/mol. The van der Waals surface area contributed by atoms with Gasteiger partial charge in [0.25, 0.3) is 11.8 Å². The Kier molecular flexibility index (Phi) is 7.52. The van der Waals surface area contributed by atoms with E-state index >= 15 is 0 Å². The molecule has 0 saturated carbocycles. The molecule has 0 radical (unpaired) electrons. The number of halogens is 4. The second kappa shape index (κ2) is 10.8. The van der Waals surface area contributed by atoms with Crippen LogP contribution in [-0.2, 0) is 24.4 Å². The van der Waals surface area contributed by atoms with Crippen LogP contribution < -0.4 is 10.6 Å². The summed E-state index contributed by atoms with van der Waals surface area (Å²) in [5, 5.41) is 19.9. The summed E-state index contributed by atoms with van der Waals surface area (Å²) in [6.07, 6.45) is 2.75. The summed E-state index contributed by atoms with van der Waals surface area (Å²) in [6.45, 7) is -1.31. The molecule has 0 aliphatic carbocycles. The molecular weight excluding hydrogens is 488 g/mol. The van der Waals surface area contributed by atoms with Gasteiger partial charge in [0.05, 0.1) is 50.8 Å². The first-order valence-corrected chi connectivity index (χ1v) is 10.9. The Morgan fingerprint density at radius 2 is 1.92 bits per heavy atom. The van der Waals surface area contributed by atoms with Crippen LogP contribution in [0.1, 0.15) is 22.6 Å². The van der Waals surface area contributed by atoms with Gasteiger partial charge in [-0.2, -0.15) is 0 Å². The number of rotatable bonds is 11. The van der Waals surface area contributed by atoms with Crippen molar-refractivity contribution in [1.82, 2.24) is 45.2 Å². The topological polar surface area (TPSA) is 136 Å². The van der Waals surface area contributed by atoms with Crippen LogP contribution in [0.5, 0.6) is 0 Å². The lowest BCUT2D eigenvalue weighted by atomic mass is 10.1. The second-order valence-electron chi connectivity index (χ2n) is 8.24. The van der Waals surface area contributed by atoms with Crippen molar-refractivity contribution in [2.24, 2.45) is 0 Å². The number of alkyl halides is 3. The number of aryl methyl sites for hydroxylation is 1. The van der Waals surface area contributed by atoms with E-state index in [9.17, 15) is 27.2 Å². The zero-order valence-electron chi connectivity index (χ0n) is 18.8. The first kappa shape index (κ1) is 25.2. The van der Waals surface area contributed by atoms with Gasteiger partial charge in [-0.25, -0.2) is 22.2 Å². The molecule has 16 heteroatoms. The zero-order valence-corrected chi connectivity index (χ0v) is 18.8. The van der Waals surface area contributed by atoms with Crippen molar-refractivity contribution in [2.45, 2.75) is 38.1 Å². The van der Waals surface area contributed by atoms with Crippen molar-refractivity contribution < 1.29 is 27.2 Å². The van der Waals surface area contributed by atoms with Gasteiger partial charge in [0.15, 0.2) is 11.5 Å². The SMILES string of the molecule is O=C(CN1CC(F)(F)C1)Nc1cn(CC(F)CCn2cc(C(=O)NCc3ncccc3F)nn2)nn1. The number of pyridine rings is 1. The summed E-state index contributed by atoms with van der Waals surface area (Å²) in [6, 6.07) is 2.67. The Morgan fingerprint density at radius 3 is 2.67 bits per heavy atom. The van der Waals surface area contributed by atoms with Gasteiger partial charge in [0, 0.05) is 19.2 Å². The fourth-order valence-electron chi connectivity index (χ4n) is 3.43. The summed E-state index contributed by atoms with van der Waals surface area (Å²) in [4.78, 5) is 29.2. The highest BCUT2D eigenvalue weighted by Gasteiger charge is 2.44. The highest BCUT2D eigenvalue weighted by atomic mass is 19.3. The van der Waals surface area contributed by atoms with Crippen molar-refractivity contribution in [1.29, 1.82) is 0 Å².